The summed E-state index contributed by atoms with van der Waals surface area (Å²) >= 11 is 0. The lowest BCUT2D eigenvalue weighted by molar-refractivity contribution is -0.119. The smallest absolute Gasteiger partial charge is 0.238 e. The standard InChI is InChI=1S/C21H30N4O3/c1-15-6-7-18(10-16(15)2)28-14-21(27)8-5-9-25(13-21)12-20(26)22-19-11-24(4)23-17(19)3/h6-7,10-11,27H,5,8-9,12-14H2,1-4H3,(H,22,26). The van der Waals surface area contributed by atoms with Gasteiger partial charge in [-0.25, -0.2) is 0 Å². The van der Waals surface area contributed by atoms with Crippen LogP contribution in [0, 0.1) is 20.8 Å². The molecule has 1 aliphatic rings. The lowest BCUT2D eigenvalue weighted by Crippen LogP contribution is -2.53. The molecule has 0 bridgehead atoms. The number of carbonyl (C=O) groups is 1. The number of carbonyl (C=O) groups excluding carboxylic acids is 1. The summed E-state index contributed by atoms with van der Waals surface area (Å²) in [6.07, 6.45) is 3.28. The molecule has 152 valence electrons. The average molecular weight is 386 g/mol. The van der Waals surface area contributed by atoms with Gasteiger partial charge < -0.3 is 15.2 Å². The fraction of sp³-hybridized carbons (Fsp3) is 0.524. The molecule has 0 aliphatic carbocycles. The van der Waals surface area contributed by atoms with Gasteiger partial charge in [-0.2, -0.15) is 5.10 Å². The number of ether oxygens (including phenoxy) is 1. The molecule has 2 aromatic rings. The van der Waals surface area contributed by atoms with Crippen molar-refractivity contribution < 1.29 is 14.6 Å². The van der Waals surface area contributed by atoms with Crippen LogP contribution < -0.4 is 10.1 Å². The van der Waals surface area contributed by atoms with Gasteiger partial charge >= 0.3 is 0 Å². The Hall–Kier alpha value is -2.38. The highest BCUT2D eigenvalue weighted by atomic mass is 16.5. The number of anilines is 1. The van der Waals surface area contributed by atoms with E-state index in [9.17, 15) is 9.90 Å². The molecule has 1 aromatic carbocycles. The summed E-state index contributed by atoms with van der Waals surface area (Å²) in [5, 5.41) is 18.1. The Labute approximate surface area is 166 Å². The predicted octanol–water partition coefficient (Wildman–Crippen LogP) is 2.19. The fourth-order valence-corrected chi connectivity index (χ4v) is 3.60. The monoisotopic (exact) mass is 386 g/mol. The van der Waals surface area contributed by atoms with Gasteiger partial charge in [0, 0.05) is 19.8 Å². The van der Waals surface area contributed by atoms with Gasteiger partial charge in [-0.15, -0.1) is 0 Å². The molecule has 1 fully saturated rings. The van der Waals surface area contributed by atoms with Crippen molar-refractivity contribution in [3.63, 3.8) is 0 Å². The van der Waals surface area contributed by atoms with Crippen LogP contribution in [-0.4, -0.2) is 57.5 Å². The van der Waals surface area contributed by atoms with E-state index in [1.54, 1.807) is 10.9 Å². The average Bonchev–Trinajstić information content (AvgIpc) is 2.93. The van der Waals surface area contributed by atoms with Crippen LogP contribution in [-0.2, 0) is 11.8 Å². The maximum absolute atomic E-state index is 12.4. The lowest BCUT2D eigenvalue weighted by atomic mass is 9.93. The molecule has 1 aromatic heterocycles. The van der Waals surface area contributed by atoms with Gasteiger partial charge in [0.25, 0.3) is 0 Å². The van der Waals surface area contributed by atoms with Gasteiger partial charge in [0.1, 0.15) is 18.0 Å². The molecule has 0 spiro atoms. The summed E-state index contributed by atoms with van der Waals surface area (Å²) in [5.41, 5.74) is 2.93. The first-order chi connectivity index (χ1) is 13.2. The van der Waals surface area contributed by atoms with Gasteiger partial charge in [-0.05, 0) is 63.4 Å². The minimum absolute atomic E-state index is 0.101. The number of aliphatic hydroxyl groups is 1. The van der Waals surface area contributed by atoms with E-state index < -0.39 is 5.60 Å². The van der Waals surface area contributed by atoms with Crippen molar-refractivity contribution >= 4 is 11.6 Å². The van der Waals surface area contributed by atoms with Crippen LogP contribution in [0.1, 0.15) is 29.7 Å². The zero-order chi connectivity index (χ0) is 20.3. The Bertz CT molecular complexity index is 848. The van der Waals surface area contributed by atoms with Crippen LogP contribution in [0.25, 0.3) is 0 Å². The van der Waals surface area contributed by atoms with Gasteiger partial charge in [-0.1, -0.05) is 6.07 Å². The Morgan fingerprint density at radius 2 is 2.11 bits per heavy atom. The maximum atomic E-state index is 12.4. The number of hydrogen-bond donors (Lipinski definition) is 2. The summed E-state index contributed by atoms with van der Waals surface area (Å²) in [7, 11) is 1.82. The Morgan fingerprint density at radius 1 is 1.32 bits per heavy atom. The van der Waals surface area contributed by atoms with Crippen LogP contribution in [0.4, 0.5) is 5.69 Å². The third-order valence-corrected chi connectivity index (χ3v) is 5.28. The van der Waals surface area contributed by atoms with E-state index >= 15 is 0 Å². The van der Waals surface area contributed by atoms with Crippen LogP contribution in [0.5, 0.6) is 5.75 Å². The minimum atomic E-state index is -0.957. The fourth-order valence-electron chi connectivity index (χ4n) is 3.60. The molecule has 3 rings (SSSR count). The largest absolute Gasteiger partial charge is 0.491 e. The summed E-state index contributed by atoms with van der Waals surface area (Å²) in [6.45, 7) is 7.61. The molecule has 1 atom stereocenters. The van der Waals surface area contributed by atoms with Gasteiger partial charge in [0.15, 0.2) is 0 Å². The van der Waals surface area contributed by atoms with Crippen molar-refractivity contribution in [2.24, 2.45) is 7.05 Å². The van der Waals surface area contributed by atoms with E-state index in [2.05, 4.69) is 17.3 Å². The molecule has 28 heavy (non-hydrogen) atoms. The maximum Gasteiger partial charge on any atom is 0.238 e. The van der Waals surface area contributed by atoms with Crippen LogP contribution >= 0.6 is 0 Å². The second-order valence-corrected chi connectivity index (χ2v) is 7.92. The summed E-state index contributed by atoms with van der Waals surface area (Å²) in [4.78, 5) is 14.4. The molecule has 2 N–H and O–H groups in total. The first-order valence-corrected chi connectivity index (χ1v) is 9.69. The van der Waals surface area contributed by atoms with Crippen molar-refractivity contribution in [2.45, 2.75) is 39.2 Å². The Kier molecular flexibility index (Phi) is 6.05. The molecule has 1 saturated heterocycles. The molecule has 1 amide bonds. The number of aromatic nitrogens is 2. The molecule has 1 unspecified atom stereocenters. The van der Waals surface area contributed by atoms with Crippen molar-refractivity contribution in [3.8, 4) is 5.75 Å². The van der Waals surface area contributed by atoms with E-state index in [1.807, 2.05) is 44.0 Å². The van der Waals surface area contributed by atoms with Crippen LogP contribution in [0.15, 0.2) is 24.4 Å². The van der Waals surface area contributed by atoms with Crippen molar-refractivity contribution in [1.82, 2.24) is 14.7 Å². The van der Waals surface area contributed by atoms with Crippen LogP contribution in [0.2, 0.25) is 0 Å². The number of β-amino-alcohol motifs (C(OH)–C–C–N with tert-alkyl or cyclic N) is 1. The highest BCUT2D eigenvalue weighted by molar-refractivity contribution is 5.92. The third kappa shape index (κ3) is 5.11. The topological polar surface area (TPSA) is 79.6 Å². The second kappa shape index (κ2) is 8.32. The van der Waals surface area contributed by atoms with Crippen molar-refractivity contribution in [1.29, 1.82) is 0 Å². The number of piperidine rings is 1. The molecular formula is C21H30N4O3. The molecule has 7 heteroatoms. The van der Waals surface area contributed by atoms with Gasteiger partial charge in [0.2, 0.25) is 5.91 Å². The highest BCUT2D eigenvalue weighted by Crippen LogP contribution is 2.24. The number of amides is 1. The quantitative estimate of drug-likeness (QED) is 0.796. The van der Waals surface area contributed by atoms with E-state index in [1.165, 1.54) is 5.56 Å². The summed E-state index contributed by atoms with van der Waals surface area (Å²) in [6, 6.07) is 5.94. The summed E-state index contributed by atoms with van der Waals surface area (Å²) < 4.78 is 7.54. The minimum Gasteiger partial charge on any atom is -0.491 e. The predicted molar refractivity (Wildman–Crippen MR) is 109 cm³/mol. The first-order valence-electron chi connectivity index (χ1n) is 9.69. The van der Waals surface area contributed by atoms with E-state index in [-0.39, 0.29) is 19.1 Å². The van der Waals surface area contributed by atoms with E-state index in [0.717, 1.165) is 35.7 Å². The number of likely N-dealkylation sites (tertiary alicyclic amines) is 1. The van der Waals surface area contributed by atoms with E-state index in [0.29, 0.717) is 13.0 Å². The number of nitrogens with one attached hydrogen (secondary N) is 1. The Morgan fingerprint density at radius 3 is 2.79 bits per heavy atom. The molecule has 7 nitrogen and oxygen atoms in total. The van der Waals surface area contributed by atoms with Gasteiger partial charge in [-0.3, -0.25) is 14.4 Å². The molecule has 0 radical (unpaired) electrons. The number of nitrogens with zero attached hydrogens (tertiary/aromatic N) is 3. The highest BCUT2D eigenvalue weighted by Gasteiger charge is 2.34. The number of rotatable bonds is 6. The molecule has 1 aliphatic heterocycles. The molecule has 0 saturated carbocycles. The third-order valence-electron chi connectivity index (χ3n) is 5.28. The number of benzene rings is 1. The molecule has 2 heterocycles. The second-order valence-electron chi connectivity index (χ2n) is 7.92. The summed E-state index contributed by atoms with van der Waals surface area (Å²) in [5.74, 6) is 0.661. The lowest BCUT2D eigenvalue weighted by Gasteiger charge is -2.38. The Balaban J connectivity index is 1.54. The first kappa shape index (κ1) is 20.4. The normalized spacial score (nSPS) is 20.2. The SMILES string of the molecule is Cc1ccc(OCC2(O)CCCN(CC(=O)Nc3cn(C)nc3C)C2)cc1C. The van der Waals surface area contributed by atoms with E-state index in [4.69, 9.17) is 4.74 Å². The number of hydrogen-bond acceptors (Lipinski definition) is 5. The molecular weight excluding hydrogens is 356 g/mol. The zero-order valence-electron chi connectivity index (χ0n) is 17.2. The zero-order valence-corrected chi connectivity index (χ0v) is 17.2. The number of aryl methyl sites for hydroxylation is 4. The van der Waals surface area contributed by atoms with Crippen molar-refractivity contribution in [2.75, 3.05) is 31.6 Å². The van der Waals surface area contributed by atoms with Gasteiger partial charge in [0.05, 0.1) is 17.9 Å². The van der Waals surface area contributed by atoms with Crippen LogP contribution in [0.3, 0.4) is 0 Å². The van der Waals surface area contributed by atoms with Crippen molar-refractivity contribution in [3.05, 3.63) is 41.2 Å².